The molecular weight excluding hydrogens is 200 g/mol. The number of nitrogens with two attached hydrogens (primary N) is 1. The molecule has 0 radical (unpaired) electrons. The molecule has 0 amide bonds. The molecule has 16 heavy (non-hydrogen) atoms. The van der Waals surface area contributed by atoms with Crippen molar-refractivity contribution in [1.82, 2.24) is 5.32 Å². The van der Waals surface area contributed by atoms with E-state index < -0.39 is 0 Å². The fourth-order valence-corrected chi connectivity index (χ4v) is 2.53. The summed E-state index contributed by atoms with van der Waals surface area (Å²) in [7, 11) is 0. The minimum Gasteiger partial charge on any atom is -0.508 e. The van der Waals surface area contributed by atoms with Gasteiger partial charge in [0, 0.05) is 12.5 Å². The van der Waals surface area contributed by atoms with Crippen molar-refractivity contribution in [1.29, 1.82) is 0 Å². The van der Waals surface area contributed by atoms with E-state index in [1.54, 1.807) is 0 Å². The Hall–Kier alpha value is -1.06. The summed E-state index contributed by atoms with van der Waals surface area (Å²) in [4.78, 5) is 0. The topological polar surface area (TPSA) is 58.3 Å². The molecule has 1 aliphatic heterocycles. The lowest BCUT2D eigenvalue weighted by Gasteiger charge is -2.32. The summed E-state index contributed by atoms with van der Waals surface area (Å²) in [5.41, 5.74) is 7.93. The third-order valence-electron chi connectivity index (χ3n) is 3.51. The number of piperidine rings is 1. The molecule has 1 saturated heterocycles. The summed E-state index contributed by atoms with van der Waals surface area (Å²) in [6.07, 6.45) is 1.09. The fourth-order valence-electron chi connectivity index (χ4n) is 2.53. The fraction of sp³-hybridized carbons (Fsp3) is 0.538. The van der Waals surface area contributed by atoms with Crippen molar-refractivity contribution in [2.24, 2.45) is 11.7 Å². The van der Waals surface area contributed by atoms with Crippen LogP contribution in [0.25, 0.3) is 0 Å². The number of phenols is 1. The van der Waals surface area contributed by atoms with Gasteiger partial charge in [-0.25, -0.2) is 0 Å². The molecule has 1 aromatic carbocycles. The first-order valence-electron chi connectivity index (χ1n) is 5.92. The van der Waals surface area contributed by atoms with Crippen molar-refractivity contribution < 1.29 is 5.11 Å². The van der Waals surface area contributed by atoms with Crippen LogP contribution in [-0.2, 0) is 0 Å². The van der Waals surface area contributed by atoms with E-state index >= 15 is 0 Å². The molecule has 1 aromatic rings. The third kappa shape index (κ3) is 2.20. The monoisotopic (exact) mass is 220 g/mol. The molecule has 1 fully saturated rings. The second-order valence-corrected chi connectivity index (χ2v) is 4.66. The number of hydrogen-bond acceptors (Lipinski definition) is 3. The highest BCUT2D eigenvalue weighted by Crippen LogP contribution is 2.34. The van der Waals surface area contributed by atoms with Gasteiger partial charge >= 0.3 is 0 Å². The predicted octanol–water partition coefficient (Wildman–Crippen LogP) is 1.35. The first-order chi connectivity index (χ1) is 7.72. The van der Waals surface area contributed by atoms with Crippen molar-refractivity contribution in [2.45, 2.75) is 19.3 Å². The average molecular weight is 220 g/mol. The van der Waals surface area contributed by atoms with Crippen LogP contribution >= 0.6 is 0 Å². The lowest BCUT2D eigenvalue weighted by molar-refractivity contribution is 0.323. The Morgan fingerprint density at radius 3 is 3.00 bits per heavy atom. The Morgan fingerprint density at radius 2 is 2.31 bits per heavy atom. The van der Waals surface area contributed by atoms with Gasteiger partial charge in [0.15, 0.2) is 0 Å². The quantitative estimate of drug-likeness (QED) is 0.705. The van der Waals surface area contributed by atoms with Gasteiger partial charge < -0.3 is 16.2 Å². The van der Waals surface area contributed by atoms with Crippen LogP contribution in [0.4, 0.5) is 0 Å². The summed E-state index contributed by atoms with van der Waals surface area (Å²) in [6, 6.07) is 5.92. The highest BCUT2D eigenvalue weighted by atomic mass is 16.3. The van der Waals surface area contributed by atoms with E-state index in [2.05, 4.69) is 11.4 Å². The molecule has 2 unspecified atom stereocenters. The van der Waals surface area contributed by atoms with Crippen LogP contribution in [-0.4, -0.2) is 24.7 Å². The van der Waals surface area contributed by atoms with Crippen molar-refractivity contribution >= 4 is 0 Å². The zero-order valence-electron chi connectivity index (χ0n) is 9.74. The van der Waals surface area contributed by atoms with Crippen molar-refractivity contribution in [3.8, 4) is 5.75 Å². The molecule has 2 atom stereocenters. The molecule has 0 spiro atoms. The molecular formula is C13H20N2O. The number of rotatable bonds is 2. The van der Waals surface area contributed by atoms with Gasteiger partial charge in [-0.2, -0.15) is 0 Å². The normalized spacial score (nSPS) is 25.6. The maximum absolute atomic E-state index is 9.99. The maximum Gasteiger partial charge on any atom is 0.119 e. The third-order valence-corrected chi connectivity index (χ3v) is 3.51. The van der Waals surface area contributed by atoms with Crippen LogP contribution in [0.5, 0.6) is 5.75 Å². The number of aryl methyl sites for hydroxylation is 1. The lowest BCUT2D eigenvalue weighted by Crippen LogP contribution is -2.38. The second-order valence-electron chi connectivity index (χ2n) is 4.66. The summed E-state index contributed by atoms with van der Waals surface area (Å²) in [6.45, 7) is 4.63. The van der Waals surface area contributed by atoms with Crippen molar-refractivity contribution in [3.05, 3.63) is 29.3 Å². The van der Waals surface area contributed by atoms with Crippen molar-refractivity contribution in [3.63, 3.8) is 0 Å². The SMILES string of the molecule is Cc1ccc(C2CNCCC2CN)c(O)c1. The first kappa shape index (κ1) is 11.4. The molecule has 0 aliphatic carbocycles. The Kier molecular flexibility index (Phi) is 3.46. The van der Waals surface area contributed by atoms with Gasteiger partial charge in [-0.1, -0.05) is 12.1 Å². The highest BCUT2D eigenvalue weighted by molar-refractivity contribution is 5.39. The minimum absolute atomic E-state index is 0.347. The zero-order chi connectivity index (χ0) is 11.5. The predicted molar refractivity (Wildman–Crippen MR) is 65.6 cm³/mol. The number of phenolic OH excluding ortho intramolecular Hbond substituents is 1. The maximum atomic E-state index is 9.99. The van der Waals surface area contributed by atoms with Crippen LogP contribution < -0.4 is 11.1 Å². The second kappa shape index (κ2) is 4.85. The Labute approximate surface area is 96.7 Å². The van der Waals surface area contributed by atoms with E-state index in [0.717, 1.165) is 30.6 Å². The molecule has 88 valence electrons. The molecule has 3 heteroatoms. The molecule has 1 aliphatic rings. The van der Waals surface area contributed by atoms with E-state index in [-0.39, 0.29) is 0 Å². The van der Waals surface area contributed by atoms with E-state index in [1.165, 1.54) is 0 Å². The average Bonchev–Trinajstić information content (AvgIpc) is 2.29. The van der Waals surface area contributed by atoms with Crippen LogP contribution in [0.2, 0.25) is 0 Å². The standard InChI is InChI=1S/C13H20N2O/c1-9-2-3-11(13(16)6-9)12-8-15-5-4-10(12)7-14/h2-3,6,10,12,15-16H,4-5,7-8,14H2,1H3. The van der Waals surface area contributed by atoms with Crippen LogP contribution in [0.15, 0.2) is 18.2 Å². The van der Waals surface area contributed by atoms with Gasteiger partial charge in [-0.15, -0.1) is 0 Å². The van der Waals surface area contributed by atoms with E-state index in [0.29, 0.717) is 24.1 Å². The van der Waals surface area contributed by atoms with Crippen LogP contribution in [0, 0.1) is 12.8 Å². The van der Waals surface area contributed by atoms with Gasteiger partial charge in [0.05, 0.1) is 0 Å². The van der Waals surface area contributed by atoms with Gasteiger partial charge in [0.2, 0.25) is 0 Å². The molecule has 1 heterocycles. The number of hydrogen-bond donors (Lipinski definition) is 3. The Morgan fingerprint density at radius 1 is 1.50 bits per heavy atom. The van der Waals surface area contributed by atoms with E-state index in [4.69, 9.17) is 5.73 Å². The first-order valence-corrected chi connectivity index (χ1v) is 5.92. The van der Waals surface area contributed by atoms with Crippen molar-refractivity contribution in [2.75, 3.05) is 19.6 Å². The van der Waals surface area contributed by atoms with Gasteiger partial charge in [0.1, 0.15) is 5.75 Å². The Balaban J connectivity index is 2.27. The number of benzene rings is 1. The summed E-state index contributed by atoms with van der Waals surface area (Å²) >= 11 is 0. The minimum atomic E-state index is 0.347. The van der Waals surface area contributed by atoms with E-state index in [9.17, 15) is 5.11 Å². The number of nitrogens with one attached hydrogen (secondary N) is 1. The Bertz CT molecular complexity index is 365. The van der Waals surface area contributed by atoms with Crippen LogP contribution in [0.1, 0.15) is 23.5 Å². The van der Waals surface area contributed by atoms with Crippen LogP contribution in [0.3, 0.4) is 0 Å². The molecule has 0 bridgehead atoms. The molecule has 0 saturated carbocycles. The molecule has 0 aromatic heterocycles. The molecule has 2 rings (SSSR count). The van der Waals surface area contributed by atoms with Gasteiger partial charge in [0.25, 0.3) is 0 Å². The zero-order valence-corrected chi connectivity index (χ0v) is 9.74. The lowest BCUT2D eigenvalue weighted by atomic mass is 9.81. The largest absolute Gasteiger partial charge is 0.508 e. The summed E-state index contributed by atoms with van der Waals surface area (Å²) in [5, 5.41) is 13.4. The summed E-state index contributed by atoms with van der Waals surface area (Å²) in [5.74, 6) is 1.24. The van der Waals surface area contributed by atoms with Gasteiger partial charge in [-0.3, -0.25) is 0 Å². The van der Waals surface area contributed by atoms with Gasteiger partial charge in [-0.05, 0) is 49.5 Å². The molecule has 4 N–H and O–H groups in total. The number of aromatic hydroxyl groups is 1. The molecule has 3 nitrogen and oxygen atoms in total. The highest BCUT2D eigenvalue weighted by Gasteiger charge is 2.26. The smallest absolute Gasteiger partial charge is 0.119 e. The van der Waals surface area contributed by atoms with E-state index in [1.807, 2.05) is 19.1 Å². The summed E-state index contributed by atoms with van der Waals surface area (Å²) < 4.78 is 0.